The molecule has 1 aromatic rings. The Kier molecular flexibility index (Phi) is 5.29. The summed E-state index contributed by atoms with van der Waals surface area (Å²) in [6.45, 7) is 5.88. The molecule has 0 radical (unpaired) electrons. The van der Waals surface area contributed by atoms with E-state index in [2.05, 4.69) is 17.2 Å². The van der Waals surface area contributed by atoms with Gasteiger partial charge in [-0.1, -0.05) is 19.8 Å². The first-order valence-corrected chi connectivity index (χ1v) is 6.04. The third-order valence-corrected chi connectivity index (χ3v) is 2.78. The van der Waals surface area contributed by atoms with Gasteiger partial charge in [0.2, 0.25) is 5.91 Å². The molecule has 1 rings (SSSR count). The van der Waals surface area contributed by atoms with E-state index in [0.717, 1.165) is 24.1 Å². The van der Waals surface area contributed by atoms with Crippen LogP contribution in [0.5, 0.6) is 0 Å². The molecule has 1 N–H and O–H groups in total. The summed E-state index contributed by atoms with van der Waals surface area (Å²) in [5.74, 6) is 6.02. The van der Waals surface area contributed by atoms with Crippen LogP contribution in [0.3, 0.4) is 0 Å². The molecule has 17 heavy (non-hydrogen) atoms. The molecule has 0 bridgehead atoms. The van der Waals surface area contributed by atoms with Crippen LogP contribution in [0.1, 0.15) is 39.2 Å². The maximum atomic E-state index is 11.8. The summed E-state index contributed by atoms with van der Waals surface area (Å²) in [5.41, 5.74) is 1.80. The van der Waals surface area contributed by atoms with Crippen LogP contribution in [0, 0.1) is 17.8 Å². The van der Waals surface area contributed by atoms with E-state index in [1.165, 1.54) is 0 Å². The number of amides is 1. The number of nitrogens with one attached hydrogen (secondary N) is 1. The molecule has 1 amide bonds. The highest BCUT2D eigenvalue weighted by atomic mass is 16.1. The number of carbonyl (C=O) groups excluding carboxylic acids is 1. The van der Waals surface area contributed by atoms with Gasteiger partial charge in [0.1, 0.15) is 0 Å². The minimum absolute atomic E-state index is 0.101. The van der Waals surface area contributed by atoms with Gasteiger partial charge in [-0.2, -0.15) is 0 Å². The van der Waals surface area contributed by atoms with Crippen molar-refractivity contribution in [3.63, 3.8) is 0 Å². The van der Waals surface area contributed by atoms with Crippen LogP contribution in [0.15, 0.2) is 24.3 Å². The summed E-state index contributed by atoms with van der Waals surface area (Å²) in [6.07, 6.45) is 1.75. The Labute approximate surface area is 103 Å². The van der Waals surface area contributed by atoms with Crippen LogP contribution in [0.2, 0.25) is 0 Å². The highest BCUT2D eigenvalue weighted by molar-refractivity contribution is 5.92. The van der Waals surface area contributed by atoms with Crippen molar-refractivity contribution in [3.8, 4) is 11.8 Å². The number of carbonyl (C=O) groups is 1. The SMILES string of the molecule is CC#Cc1ccc(NC(=O)C(CC)CC)cc1. The molecule has 0 saturated heterocycles. The highest BCUT2D eigenvalue weighted by Crippen LogP contribution is 2.13. The topological polar surface area (TPSA) is 29.1 Å². The molecule has 0 fully saturated rings. The van der Waals surface area contributed by atoms with Crippen molar-refractivity contribution in [2.45, 2.75) is 33.6 Å². The van der Waals surface area contributed by atoms with Crippen molar-refractivity contribution < 1.29 is 4.79 Å². The fourth-order valence-electron chi connectivity index (χ4n) is 1.69. The van der Waals surface area contributed by atoms with Gasteiger partial charge in [0.15, 0.2) is 0 Å². The third-order valence-electron chi connectivity index (χ3n) is 2.78. The molecule has 0 unspecified atom stereocenters. The number of rotatable bonds is 4. The zero-order valence-electron chi connectivity index (χ0n) is 10.7. The minimum Gasteiger partial charge on any atom is -0.326 e. The molecule has 1 aromatic carbocycles. The van der Waals surface area contributed by atoms with Gasteiger partial charge < -0.3 is 5.32 Å². The first-order chi connectivity index (χ1) is 8.21. The van der Waals surface area contributed by atoms with Crippen LogP contribution in [-0.4, -0.2) is 5.91 Å². The molecule has 90 valence electrons. The lowest BCUT2D eigenvalue weighted by Gasteiger charge is -2.12. The molecule has 0 heterocycles. The Balaban J connectivity index is 2.68. The second kappa shape index (κ2) is 6.75. The van der Waals surface area contributed by atoms with Crippen LogP contribution >= 0.6 is 0 Å². The summed E-state index contributed by atoms with van der Waals surface area (Å²) < 4.78 is 0. The Morgan fingerprint density at radius 3 is 2.29 bits per heavy atom. The second-order valence-corrected chi connectivity index (χ2v) is 3.96. The zero-order chi connectivity index (χ0) is 12.7. The highest BCUT2D eigenvalue weighted by Gasteiger charge is 2.13. The maximum absolute atomic E-state index is 11.8. The fraction of sp³-hybridized carbons (Fsp3) is 0.400. The first kappa shape index (κ1) is 13.3. The molecule has 0 saturated carbocycles. The lowest BCUT2D eigenvalue weighted by atomic mass is 10.0. The van der Waals surface area contributed by atoms with Crippen LogP contribution < -0.4 is 5.32 Å². The van der Waals surface area contributed by atoms with E-state index >= 15 is 0 Å². The van der Waals surface area contributed by atoms with Gasteiger partial charge in [-0.3, -0.25) is 4.79 Å². The van der Waals surface area contributed by atoms with Crippen molar-refractivity contribution in [1.82, 2.24) is 0 Å². The average molecular weight is 229 g/mol. The predicted octanol–water partition coefficient (Wildman–Crippen LogP) is 3.43. The molecule has 2 heteroatoms. The van der Waals surface area contributed by atoms with Gasteiger partial charge >= 0.3 is 0 Å². The molecule has 0 aliphatic carbocycles. The monoisotopic (exact) mass is 229 g/mol. The summed E-state index contributed by atoms with van der Waals surface area (Å²) in [4.78, 5) is 11.8. The van der Waals surface area contributed by atoms with Crippen molar-refractivity contribution >= 4 is 11.6 Å². The first-order valence-electron chi connectivity index (χ1n) is 6.04. The normalized spacial score (nSPS) is 9.65. The number of hydrogen-bond donors (Lipinski definition) is 1. The quantitative estimate of drug-likeness (QED) is 0.787. The molecule has 0 aliphatic rings. The van der Waals surface area contributed by atoms with E-state index in [1.807, 2.05) is 45.0 Å². The standard InChI is InChI=1S/C15H19NO/c1-4-7-12-8-10-14(11-9-12)16-15(17)13(5-2)6-3/h8-11,13H,5-6H2,1-3H3,(H,16,17). The zero-order valence-corrected chi connectivity index (χ0v) is 10.7. The lowest BCUT2D eigenvalue weighted by molar-refractivity contribution is -0.120. The van der Waals surface area contributed by atoms with E-state index in [-0.39, 0.29) is 11.8 Å². The number of benzene rings is 1. The number of anilines is 1. The van der Waals surface area contributed by atoms with Crippen molar-refractivity contribution in [1.29, 1.82) is 0 Å². The lowest BCUT2D eigenvalue weighted by Crippen LogP contribution is -2.21. The van der Waals surface area contributed by atoms with Gasteiger partial charge in [-0.05, 0) is 44.0 Å². The Morgan fingerprint density at radius 1 is 1.24 bits per heavy atom. The van der Waals surface area contributed by atoms with Gasteiger partial charge in [-0.15, -0.1) is 5.92 Å². The maximum Gasteiger partial charge on any atom is 0.227 e. The molecule has 0 aliphatic heterocycles. The predicted molar refractivity (Wildman–Crippen MR) is 71.7 cm³/mol. The van der Waals surface area contributed by atoms with Crippen LogP contribution in [-0.2, 0) is 4.79 Å². The second-order valence-electron chi connectivity index (χ2n) is 3.96. The van der Waals surface area contributed by atoms with Crippen LogP contribution in [0.25, 0.3) is 0 Å². The van der Waals surface area contributed by atoms with E-state index in [9.17, 15) is 4.79 Å². The fourth-order valence-corrected chi connectivity index (χ4v) is 1.69. The molecule has 2 nitrogen and oxygen atoms in total. The van der Waals surface area contributed by atoms with Crippen molar-refractivity contribution in [2.75, 3.05) is 5.32 Å². The van der Waals surface area contributed by atoms with E-state index < -0.39 is 0 Å². The largest absolute Gasteiger partial charge is 0.326 e. The molecular weight excluding hydrogens is 210 g/mol. The van der Waals surface area contributed by atoms with Gasteiger partial charge in [0.25, 0.3) is 0 Å². The average Bonchev–Trinajstić information content (AvgIpc) is 2.33. The van der Waals surface area contributed by atoms with E-state index in [0.29, 0.717) is 0 Å². The van der Waals surface area contributed by atoms with Crippen molar-refractivity contribution in [3.05, 3.63) is 29.8 Å². The minimum atomic E-state index is 0.101. The Bertz CT molecular complexity index is 418. The van der Waals surface area contributed by atoms with Gasteiger partial charge in [-0.25, -0.2) is 0 Å². The number of hydrogen-bond acceptors (Lipinski definition) is 1. The molecule has 0 atom stereocenters. The summed E-state index contributed by atoms with van der Waals surface area (Å²) >= 11 is 0. The van der Waals surface area contributed by atoms with Gasteiger partial charge in [0, 0.05) is 17.2 Å². The van der Waals surface area contributed by atoms with E-state index in [4.69, 9.17) is 0 Å². The van der Waals surface area contributed by atoms with Crippen molar-refractivity contribution in [2.24, 2.45) is 5.92 Å². The van der Waals surface area contributed by atoms with Gasteiger partial charge in [0.05, 0.1) is 0 Å². The molecule has 0 spiro atoms. The summed E-state index contributed by atoms with van der Waals surface area (Å²) in [6, 6.07) is 7.61. The summed E-state index contributed by atoms with van der Waals surface area (Å²) in [5, 5.41) is 2.93. The summed E-state index contributed by atoms with van der Waals surface area (Å²) in [7, 11) is 0. The third kappa shape index (κ3) is 3.96. The Morgan fingerprint density at radius 2 is 1.82 bits per heavy atom. The van der Waals surface area contributed by atoms with E-state index in [1.54, 1.807) is 0 Å². The Hall–Kier alpha value is -1.75. The molecular formula is C15H19NO. The van der Waals surface area contributed by atoms with Crippen LogP contribution in [0.4, 0.5) is 5.69 Å². The molecule has 0 aromatic heterocycles. The smallest absolute Gasteiger partial charge is 0.227 e.